The number of nitrogens with one attached hydrogen (secondary N) is 1. The topological polar surface area (TPSA) is 81.1 Å². The molecule has 2 heterocycles. The van der Waals surface area contributed by atoms with Crippen molar-refractivity contribution in [3.05, 3.63) is 71.9 Å². The molecule has 1 aromatic heterocycles. The molecular formula is C21H21N3O3S. The Labute approximate surface area is 164 Å². The summed E-state index contributed by atoms with van der Waals surface area (Å²) in [5.74, 6) is -0.122. The highest BCUT2D eigenvalue weighted by Gasteiger charge is 2.32. The van der Waals surface area contributed by atoms with Crippen molar-refractivity contribution in [2.75, 3.05) is 16.8 Å². The van der Waals surface area contributed by atoms with Crippen molar-refractivity contribution < 1.29 is 13.2 Å². The van der Waals surface area contributed by atoms with E-state index < -0.39 is 9.84 Å². The van der Waals surface area contributed by atoms with E-state index in [-0.39, 0.29) is 29.1 Å². The van der Waals surface area contributed by atoms with Gasteiger partial charge in [0, 0.05) is 5.69 Å². The van der Waals surface area contributed by atoms with Gasteiger partial charge < -0.3 is 5.32 Å². The van der Waals surface area contributed by atoms with E-state index in [0.717, 1.165) is 16.8 Å². The molecule has 0 saturated carbocycles. The quantitative estimate of drug-likeness (QED) is 0.733. The Bertz CT molecular complexity index is 1100. The Morgan fingerprint density at radius 2 is 1.82 bits per heavy atom. The van der Waals surface area contributed by atoms with Crippen molar-refractivity contribution in [3.8, 4) is 11.3 Å². The normalized spacial score (nSPS) is 18.1. The van der Waals surface area contributed by atoms with Crippen molar-refractivity contribution in [2.45, 2.75) is 19.4 Å². The third kappa shape index (κ3) is 3.84. The average Bonchev–Trinajstić information content (AvgIpc) is 3.27. The number of hydrogen-bond donors (Lipinski definition) is 1. The van der Waals surface area contributed by atoms with E-state index in [2.05, 4.69) is 10.4 Å². The fraction of sp³-hybridized carbons (Fsp3) is 0.238. The molecule has 0 bridgehead atoms. The lowest BCUT2D eigenvalue weighted by Gasteiger charge is -2.13. The van der Waals surface area contributed by atoms with Gasteiger partial charge in [0.15, 0.2) is 15.5 Å². The molecule has 1 amide bonds. The fourth-order valence-corrected chi connectivity index (χ4v) is 5.10. The Morgan fingerprint density at radius 1 is 1.11 bits per heavy atom. The zero-order chi connectivity index (χ0) is 19.7. The summed E-state index contributed by atoms with van der Waals surface area (Å²) in [6, 6.07) is 18.5. The number of sulfone groups is 1. The van der Waals surface area contributed by atoms with Gasteiger partial charge in [-0.25, -0.2) is 8.42 Å². The second-order valence-electron chi connectivity index (χ2n) is 7.10. The number of hydrogen-bond acceptors (Lipinski definition) is 4. The first-order chi connectivity index (χ1) is 13.4. The number of nitrogens with zero attached hydrogens (tertiary/aromatic N) is 2. The van der Waals surface area contributed by atoms with Gasteiger partial charge in [0.25, 0.3) is 5.91 Å². The van der Waals surface area contributed by atoms with Crippen molar-refractivity contribution in [2.24, 2.45) is 0 Å². The van der Waals surface area contributed by atoms with Crippen LogP contribution in [0.25, 0.3) is 11.3 Å². The summed E-state index contributed by atoms with van der Waals surface area (Å²) in [5, 5.41) is 7.33. The molecule has 0 radical (unpaired) electrons. The average molecular weight is 395 g/mol. The molecule has 1 saturated heterocycles. The predicted molar refractivity (Wildman–Crippen MR) is 109 cm³/mol. The largest absolute Gasteiger partial charge is 0.321 e. The lowest BCUT2D eigenvalue weighted by atomic mass is 10.1. The van der Waals surface area contributed by atoms with Crippen LogP contribution in [0.3, 0.4) is 0 Å². The monoisotopic (exact) mass is 395 g/mol. The van der Waals surface area contributed by atoms with Crippen LogP contribution in [-0.2, 0) is 9.84 Å². The van der Waals surface area contributed by atoms with Crippen LogP contribution in [0.5, 0.6) is 0 Å². The van der Waals surface area contributed by atoms with Crippen LogP contribution < -0.4 is 5.32 Å². The summed E-state index contributed by atoms with van der Waals surface area (Å²) in [7, 11) is -3.07. The number of carbonyl (C=O) groups excluding carboxylic acids is 1. The van der Waals surface area contributed by atoms with E-state index in [4.69, 9.17) is 0 Å². The Hall–Kier alpha value is -2.93. The van der Waals surface area contributed by atoms with Crippen LogP contribution >= 0.6 is 0 Å². The summed E-state index contributed by atoms with van der Waals surface area (Å²) in [6.45, 7) is 2.00. The third-order valence-corrected chi connectivity index (χ3v) is 6.65. The molecule has 28 heavy (non-hydrogen) atoms. The van der Waals surface area contributed by atoms with E-state index in [0.29, 0.717) is 12.1 Å². The lowest BCUT2D eigenvalue weighted by molar-refractivity contribution is 0.102. The molecule has 1 fully saturated rings. The number of anilines is 1. The van der Waals surface area contributed by atoms with E-state index in [1.54, 1.807) is 22.9 Å². The minimum Gasteiger partial charge on any atom is -0.321 e. The zero-order valence-corrected chi connectivity index (χ0v) is 16.3. The van der Waals surface area contributed by atoms with Gasteiger partial charge in [-0.3, -0.25) is 9.48 Å². The van der Waals surface area contributed by atoms with E-state index >= 15 is 0 Å². The van der Waals surface area contributed by atoms with Gasteiger partial charge in [-0.2, -0.15) is 5.10 Å². The first-order valence-corrected chi connectivity index (χ1v) is 11.0. The van der Waals surface area contributed by atoms with Crippen LogP contribution in [-0.4, -0.2) is 35.6 Å². The lowest BCUT2D eigenvalue weighted by Crippen LogP contribution is -2.16. The minimum atomic E-state index is -3.07. The molecule has 4 rings (SSSR count). The van der Waals surface area contributed by atoms with Gasteiger partial charge >= 0.3 is 0 Å². The highest BCUT2D eigenvalue weighted by molar-refractivity contribution is 7.91. The second-order valence-corrected chi connectivity index (χ2v) is 9.33. The maximum Gasteiger partial charge on any atom is 0.276 e. The standard InChI is InChI=1S/C21H21N3O3S/c1-15-7-9-16(10-8-15)20-13-19(21(25)22-17-5-3-2-4-6-17)23-24(20)18-11-12-28(26,27)14-18/h2-10,13,18H,11-12,14H2,1H3,(H,22,25)/t18-/m1/s1. The summed E-state index contributed by atoms with van der Waals surface area (Å²) < 4.78 is 25.6. The fourth-order valence-electron chi connectivity index (χ4n) is 3.41. The van der Waals surface area contributed by atoms with Crippen molar-refractivity contribution >= 4 is 21.4 Å². The molecule has 144 valence electrons. The third-order valence-electron chi connectivity index (χ3n) is 4.90. The van der Waals surface area contributed by atoms with Crippen LogP contribution in [0.15, 0.2) is 60.7 Å². The van der Waals surface area contributed by atoms with Gasteiger partial charge in [0.2, 0.25) is 0 Å². The second kappa shape index (κ2) is 7.24. The number of amides is 1. The summed E-state index contributed by atoms with van der Waals surface area (Å²) >= 11 is 0. The van der Waals surface area contributed by atoms with E-state index in [1.807, 2.05) is 49.4 Å². The SMILES string of the molecule is Cc1ccc(-c2cc(C(=O)Nc3ccccc3)nn2[C@@H]2CCS(=O)(=O)C2)cc1. The van der Waals surface area contributed by atoms with Crippen LogP contribution in [0.4, 0.5) is 5.69 Å². The first kappa shape index (κ1) is 18.4. The first-order valence-electron chi connectivity index (χ1n) is 9.15. The molecule has 3 aromatic rings. The predicted octanol–water partition coefficient (Wildman–Crippen LogP) is 3.47. The number of carbonyl (C=O) groups is 1. The van der Waals surface area contributed by atoms with Gasteiger partial charge in [-0.1, -0.05) is 48.0 Å². The van der Waals surface area contributed by atoms with Gasteiger partial charge in [0.05, 0.1) is 23.2 Å². The van der Waals surface area contributed by atoms with Crippen LogP contribution in [0, 0.1) is 6.92 Å². The summed E-state index contributed by atoms with van der Waals surface area (Å²) in [6.07, 6.45) is 0.503. The van der Waals surface area contributed by atoms with Crippen molar-refractivity contribution in [3.63, 3.8) is 0 Å². The van der Waals surface area contributed by atoms with Crippen molar-refractivity contribution in [1.82, 2.24) is 9.78 Å². The summed E-state index contributed by atoms with van der Waals surface area (Å²) in [5.41, 5.74) is 3.73. The Kier molecular flexibility index (Phi) is 4.77. The Balaban J connectivity index is 1.71. The molecule has 7 heteroatoms. The molecule has 1 N–H and O–H groups in total. The minimum absolute atomic E-state index is 0.0489. The van der Waals surface area contributed by atoms with Gasteiger partial charge in [-0.15, -0.1) is 0 Å². The highest BCUT2D eigenvalue weighted by atomic mass is 32.2. The molecule has 0 aliphatic carbocycles. The zero-order valence-electron chi connectivity index (χ0n) is 15.5. The number of benzene rings is 2. The highest BCUT2D eigenvalue weighted by Crippen LogP contribution is 2.30. The molecule has 6 nitrogen and oxygen atoms in total. The van der Waals surface area contributed by atoms with Crippen molar-refractivity contribution in [1.29, 1.82) is 0 Å². The van der Waals surface area contributed by atoms with Gasteiger partial charge in [-0.05, 0) is 37.1 Å². The number of para-hydroxylation sites is 1. The Morgan fingerprint density at radius 3 is 2.46 bits per heavy atom. The molecule has 1 atom stereocenters. The number of rotatable bonds is 4. The smallest absolute Gasteiger partial charge is 0.276 e. The van der Waals surface area contributed by atoms with E-state index in [9.17, 15) is 13.2 Å². The molecular weight excluding hydrogens is 374 g/mol. The molecule has 2 aromatic carbocycles. The summed E-state index contributed by atoms with van der Waals surface area (Å²) in [4.78, 5) is 12.7. The molecule has 1 aliphatic heterocycles. The molecule has 1 aliphatic rings. The molecule has 0 spiro atoms. The van der Waals surface area contributed by atoms with Crippen LogP contribution in [0.1, 0.15) is 28.5 Å². The maximum atomic E-state index is 12.7. The molecule has 0 unspecified atom stereocenters. The maximum absolute atomic E-state index is 12.7. The number of aromatic nitrogens is 2. The van der Waals surface area contributed by atoms with Crippen LogP contribution in [0.2, 0.25) is 0 Å². The van der Waals surface area contributed by atoms with E-state index in [1.165, 1.54) is 0 Å². The van der Waals surface area contributed by atoms with Gasteiger partial charge in [0.1, 0.15) is 0 Å². The number of aryl methyl sites for hydroxylation is 1.